The van der Waals surface area contributed by atoms with Crippen LogP contribution < -0.4 is 15.1 Å². The van der Waals surface area contributed by atoms with Crippen molar-refractivity contribution in [3.63, 3.8) is 0 Å². The molecule has 2 N–H and O–H groups in total. The van der Waals surface area contributed by atoms with Crippen molar-refractivity contribution in [3.05, 3.63) is 54.1 Å². The first-order valence-corrected chi connectivity index (χ1v) is 10.3. The average molecular weight is 380 g/mol. The number of para-hydroxylation sites is 3. The van der Waals surface area contributed by atoms with Crippen molar-refractivity contribution in [2.75, 3.05) is 34.8 Å². The number of rotatable bonds is 4. The van der Waals surface area contributed by atoms with Crippen LogP contribution in [0.4, 0.5) is 17.1 Å². The van der Waals surface area contributed by atoms with Gasteiger partial charge in [-0.1, -0.05) is 30.3 Å². The van der Waals surface area contributed by atoms with E-state index in [1.807, 2.05) is 35.2 Å². The third-order valence-electron chi connectivity index (χ3n) is 5.93. The number of aliphatic hydroxyl groups excluding tert-OH is 1. The summed E-state index contributed by atoms with van der Waals surface area (Å²) in [5, 5.41) is 13.2. The van der Waals surface area contributed by atoms with E-state index in [2.05, 4.69) is 35.3 Å². The largest absolute Gasteiger partial charge is 0.393 e. The molecule has 148 valence electrons. The molecule has 1 fully saturated rings. The molecule has 2 aliphatic heterocycles. The van der Waals surface area contributed by atoms with E-state index >= 15 is 0 Å². The second-order valence-electron chi connectivity index (χ2n) is 7.87. The number of carbonyl (C=O) groups is 1. The summed E-state index contributed by atoms with van der Waals surface area (Å²) in [7, 11) is 0. The van der Waals surface area contributed by atoms with E-state index in [-0.39, 0.29) is 24.6 Å². The van der Waals surface area contributed by atoms with Gasteiger partial charge in [0.25, 0.3) is 0 Å². The third kappa shape index (κ3) is 3.85. The van der Waals surface area contributed by atoms with E-state index < -0.39 is 0 Å². The van der Waals surface area contributed by atoms with Crippen LogP contribution in [0.3, 0.4) is 0 Å². The average Bonchev–Trinajstić information content (AvgIpc) is 2.73. The SMILES string of the molecule is C[C@@H]1CCc2ccccc2N1C(=O)CNc1ccccc1N1CCC(O)CC1. The van der Waals surface area contributed by atoms with Gasteiger partial charge in [-0.25, -0.2) is 0 Å². The van der Waals surface area contributed by atoms with E-state index in [0.717, 1.165) is 55.8 Å². The number of hydrogen-bond donors (Lipinski definition) is 2. The Bertz CT molecular complexity index is 830. The molecule has 2 aromatic rings. The molecule has 0 spiro atoms. The fourth-order valence-electron chi connectivity index (χ4n) is 4.33. The van der Waals surface area contributed by atoms with Gasteiger partial charge < -0.3 is 20.2 Å². The molecule has 2 aromatic carbocycles. The second-order valence-corrected chi connectivity index (χ2v) is 7.87. The summed E-state index contributed by atoms with van der Waals surface area (Å²) in [6.45, 7) is 4.07. The molecule has 0 bridgehead atoms. The summed E-state index contributed by atoms with van der Waals surface area (Å²) in [6.07, 6.45) is 3.40. The Hall–Kier alpha value is -2.53. The van der Waals surface area contributed by atoms with E-state index in [1.165, 1.54) is 5.56 Å². The molecule has 28 heavy (non-hydrogen) atoms. The fourth-order valence-corrected chi connectivity index (χ4v) is 4.33. The number of hydrogen-bond acceptors (Lipinski definition) is 4. The van der Waals surface area contributed by atoms with Gasteiger partial charge in [-0.2, -0.15) is 0 Å². The Balaban J connectivity index is 1.47. The van der Waals surface area contributed by atoms with Crippen LogP contribution in [0.15, 0.2) is 48.5 Å². The lowest BCUT2D eigenvalue weighted by molar-refractivity contribution is -0.117. The predicted octanol–water partition coefficient (Wildman–Crippen LogP) is 3.43. The van der Waals surface area contributed by atoms with Gasteiger partial charge in [-0.05, 0) is 56.4 Å². The van der Waals surface area contributed by atoms with E-state index in [9.17, 15) is 9.90 Å². The first-order valence-electron chi connectivity index (χ1n) is 10.3. The standard InChI is InChI=1S/C23H29N3O2/c1-17-10-11-18-6-2-4-8-21(18)26(17)23(28)16-24-20-7-3-5-9-22(20)25-14-12-19(27)13-15-25/h2-9,17,19,24,27H,10-16H2,1H3/t17-/m1/s1. The first-order chi connectivity index (χ1) is 13.6. The molecular weight excluding hydrogens is 350 g/mol. The number of aryl methyl sites for hydroxylation is 1. The van der Waals surface area contributed by atoms with Crippen LogP contribution in [0.5, 0.6) is 0 Å². The van der Waals surface area contributed by atoms with Gasteiger partial charge in [0.15, 0.2) is 0 Å². The Morgan fingerprint density at radius 2 is 1.71 bits per heavy atom. The number of fused-ring (bicyclic) bond motifs is 1. The fraction of sp³-hybridized carbons (Fsp3) is 0.435. The highest BCUT2D eigenvalue weighted by molar-refractivity contribution is 5.98. The molecule has 0 unspecified atom stereocenters. The Kier molecular flexibility index (Phi) is 5.53. The maximum Gasteiger partial charge on any atom is 0.246 e. The molecule has 1 atom stereocenters. The van der Waals surface area contributed by atoms with Crippen LogP contribution in [-0.4, -0.2) is 42.8 Å². The molecule has 0 aliphatic carbocycles. The molecule has 2 heterocycles. The third-order valence-corrected chi connectivity index (χ3v) is 5.93. The second kappa shape index (κ2) is 8.23. The number of carbonyl (C=O) groups excluding carboxylic acids is 1. The zero-order valence-electron chi connectivity index (χ0n) is 16.5. The van der Waals surface area contributed by atoms with Gasteiger partial charge in [0.1, 0.15) is 0 Å². The monoisotopic (exact) mass is 379 g/mol. The van der Waals surface area contributed by atoms with Crippen molar-refractivity contribution in [1.29, 1.82) is 0 Å². The molecule has 5 nitrogen and oxygen atoms in total. The highest BCUT2D eigenvalue weighted by Crippen LogP contribution is 2.31. The van der Waals surface area contributed by atoms with Crippen molar-refractivity contribution in [2.45, 2.75) is 44.8 Å². The Morgan fingerprint density at radius 3 is 2.50 bits per heavy atom. The van der Waals surface area contributed by atoms with E-state index in [1.54, 1.807) is 0 Å². The highest BCUT2D eigenvalue weighted by atomic mass is 16.3. The summed E-state index contributed by atoms with van der Waals surface area (Å²) in [6, 6.07) is 16.6. The molecular formula is C23H29N3O2. The quantitative estimate of drug-likeness (QED) is 0.855. The summed E-state index contributed by atoms with van der Waals surface area (Å²) < 4.78 is 0. The van der Waals surface area contributed by atoms with Gasteiger partial charge in [0.05, 0.1) is 24.0 Å². The number of anilines is 3. The summed E-state index contributed by atoms with van der Waals surface area (Å²) in [5.74, 6) is 0.100. The van der Waals surface area contributed by atoms with Gasteiger partial charge in [-0.15, -0.1) is 0 Å². The summed E-state index contributed by atoms with van der Waals surface area (Å²) in [4.78, 5) is 17.3. The van der Waals surface area contributed by atoms with Crippen LogP contribution in [0.25, 0.3) is 0 Å². The topological polar surface area (TPSA) is 55.8 Å². The lowest BCUT2D eigenvalue weighted by Crippen LogP contribution is -2.45. The zero-order chi connectivity index (χ0) is 19.5. The van der Waals surface area contributed by atoms with Crippen LogP contribution in [0.1, 0.15) is 31.7 Å². The molecule has 4 rings (SSSR count). The smallest absolute Gasteiger partial charge is 0.246 e. The molecule has 5 heteroatoms. The zero-order valence-corrected chi connectivity index (χ0v) is 16.5. The van der Waals surface area contributed by atoms with Crippen LogP contribution in [0.2, 0.25) is 0 Å². The van der Waals surface area contributed by atoms with Crippen molar-refractivity contribution in [1.82, 2.24) is 0 Å². The normalized spacial score (nSPS) is 20.0. The van der Waals surface area contributed by atoms with Gasteiger partial charge in [-0.3, -0.25) is 4.79 Å². The number of nitrogens with zero attached hydrogens (tertiary/aromatic N) is 2. The van der Waals surface area contributed by atoms with Crippen molar-refractivity contribution < 1.29 is 9.90 Å². The van der Waals surface area contributed by atoms with Gasteiger partial charge in [0, 0.05) is 24.8 Å². The minimum absolute atomic E-state index is 0.100. The van der Waals surface area contributed by atoms with Gasteiger partial charge >= 0.3 is 0 Å². The molecule has 0 saturated carbocycles. The minimum atomic E-state index is -0.196. The lowest BCUT2D eigenvalue weighted by atomic mass is 9.96. The van der Waals surface area contributed by atoms with Crippen LogP contribution in [-0.2, 0) is 11.2 Å². The molecule has 1 saturated heterocycles. The van der Waals surface area contributed by atoms with E-state index in [4.69, 9.17) is 0 Å². The number of piperidine rings is 1. The predicted molar refractivity (Wildman–Crippen MR) is 114 cm³/mol. The maximum absolute atomic E-state index is 13.1. The number of aliphatic hydroxyl groups is 1. The number of nitrogens with one attached hydrogen (secondary N) is 1. The van der Waals surface area contributed by atoms with Crippen molar-refractivity contribution >= 4 is 23.0 Å². The van der Waals surface area contributed by atoms with Crippen molar-refractivity contribution in [3.8, 4) is 0 Å². The number of benzene rings is 2. The summed E-state index contributed by atoms with van der Waals surface area (Å²) >= 11 is 0. The van der Waals surface area contributed by atoms with E-state index in [0.29, 0.717) is 0 Å². The molecule has 0 aromatic heterocycles. The molecule has 0 radical (unpaired) electrons. The maximum atomic E-state index is 13.1. The lowest BCUT2D eigenvalue weighted by Gasteiger charge is -2.36. The minimum Gasteiger partial charge on any atom is -0.393 e. The van der Waals surface area contributed by atoms with Crippen molar-refractivity contribution in [2.24, 2.45) is 0 Å². The van der Waals surface area contributed by atoms with Gasteiger partial charge in [0.2, 0.25) is 5.91 Å². The summed E-state index contributed by atoms with van der Waals surface area (Å²) in [5.41, 5.74) is 4.38. The molecule has 2 aliphatic rings. The Labute approximate surface area is 167 Å². The Morgan fingerprint density at radius 1 is 1.04 bits per heavy atom. The van der Waals surface area contributed by atoms with Crippen LogP contribution >= 0.6 is 0 Å². The molecule has 1 amide bonds. The first kappa shape index (κ1) is 18.8. The van der Waals surface area contributed by atoms with Crippen LogP contribution in [0, 0.1) is 0 Å². The highest BCUT2D eigenvalue weighted by Gasteiger charge is 2.28. The number of amides is 1.